The number of nitrogens with zero attached hydrogens (tertiary/aromatic N) is 2. The van der Waals surface area contributed by atoms with E-state index in [-0.39, 0.29) is 5.91 Å². The Bertz CT molecular complexity index is 899. The highest BCUT2D eigenvalue weighted by molar-refractivity contribution is 5.94. The molecule has 0 saturated carbocycles. The van der Waals surface area contributed by atoms with Crippen molar-refractivity contribution in [2.75, 3.05) is 6.54 Å². The van der Waals surface area contributed by atoms with Gasteiger partial charge in [-0.2, -0.15) is 4.57 Å². The SMILES string of the molecule is C[n+]1cc(C(=O)NCCc2c[nH]c3ccccc23)ccc1/C=N/O. The van der Waals surface area contributed by atoms with E-state index in [0.29, 0.717) is 17.8 Å². The first kappa shape index (κ1) is 15.7. The number of carbonyl (C=O) groups is 1. The number of rotatable bonds is 5. The van der Waals surface area contributed by atoms with E-state index in [9.17, 15) is 4.79 Å². The van der Waals surface area contributed by atoms with Crippen LogP contribution in [0.15, 0.2) is 53.9 Å². The molecule has 122 valence electrons. The van der Waals surface area contributed by atoms with Gasteiger partial charge < -0.3 is 15.5 Å². The summed E-state index contributed by atoms with van der Waals surface area (Å²) in [6, 6.07) is 11.6. The van der Waals surface area contributed by atoms with Crippen molar-refractivity contribution in [1.29, 1.82) is 0 Å². The molecule has 0 aliphatic rings. The van der Waals surface area contributed by atoms with Gasteiger partial charge in [0.2, 0.25) is 5.69 Å². The van der Waals surface area contributed by atoms with Crippen LogP contribution < -0.4 is 9.88 Å². The minimum atomic E-state index is -0.127. The Morgan fingerprint density at radius 3 is 2.96 bits per heavy atom. The third-order valence-electron chi connectivity index (χ3n) is 3.98. The maximum absolute atomic E-state index is 12.2. The van der Waals surface area contributed by atoms with Crippen molar-refractivity contribution < 1.29 is 14.6 Å². The highest BCUT2D eigenvalue weighted by atomic mass is 16.4. The molecular formula is C18H19N4O2+. The molecule has 3 rings (SSSR count). The van der Waals surface area contributed by atoms with E-state index in [4.69, 9.17) is 5.21 Å². The van der Waals surface area contributed by atoms with Crippen LogP contribution in [0.2, 0.25) is 0 Å². The molecule has 0 aliphatic carbocycles. The van der Waals surface area contributed by atoms with Gasteiger partial charge in [-0.3, -0.25) is 4.79 Å². The summed E-state index contributed by atoms with van der Waals surface area (Å²) in [7, 11) is 1.79. The molecular weight excluding hydrogens is 304 g/mol. The Hall–Kier alpha value is -3.15. The Balaban J connectivity index is 1.62. The monoisotopic (exact) mass is 323 g/mol. The molecule has 0 radical (unpaired) electrons. The van der Waals surface area contributed by atoms with Gasteiger partial charge in [0.15, 0.2) is 6.20 Å². The average Bonchev–Trinajstić information content (AvgIpc) is 3.00. The second kappa shape index (κ2) is 6.95. The summed E-state index contributed by atoms with van der Waals surface area (Å²) in [6.07, 6.45) is 5.77. The molecule has 0 aliphatic heterocycles. The molecule has 24 heavy (non-hydrogen) atoms. The number of para-hydroxylation sites is 1. The minimum Gasteiger partial charge on any atom is -0.411 e. The van der Waals surface area contributed by atoms with E-state index >= 15 is 0 Å². The Morgan fingerprint density at radius 2 is 2.17 bits per heavy atom. The molecule has 6 heteroatoms. The number of oxime groups is 1. The molecule has 6 nitrogen and oxygen atoms in total. The normalized spacial score (nSPS) is 11.2. The van der Waals surface area contributed by atoms with E-state index < -0.39 is 0 Å². The lowest BCUT2D eigenvalue weighted by atomic mass is 10.1. The van der Waals surface area contributed by atoms with Gasteiger partial charge in [0.05, 0.1) is 0 Å². The number of hydrogen-bond donors (Lipinski definition) is 3. The van der Waals surface area contributed by atoms with Crippen LogP contribution in [0.1, 0.15) is 21.6 Å². The molecule has 1 aromatic carbocycles. The van der Waals surface area contributed by atoms with Crippen LogP contribution in [-0.2, 0) is 13.5 Å². The lowest BCUT2D eigenvalue weighted by molar-refractivity contribution is -0.672. The molecule has 3 aromatic rings. The van der Waals surface area contributed by atoms with E-state index in [2.05, 4.69) is 21.5 Å². The number of aromatic nitrogens is 2. The molecule has 3 N–H and O–H groups in total. The summed E-state index contributed by atoms with van der Waals surface area (Å²) >= 11 is 0. The van der Waals surface area contributed by atoms with E-state index in [1.807, 2.05) is 24.4 Å². The van der Waals surface area contributed by atoms with E-state index in [1.165, 1.54) is 17.2 Å². The molecule has 2 aromatic heterocycles. The first-order chi connectivity index (χ1) is 11.7. The van der Waals surface area contributed by atoms with Crippen molar-refractivity contribution in [3.05, 3.63) is 65.6 Å². The van der Waals surface area contributed by atoms with Crippen molar-refractivity contribution in [2.45, 2.75) is 6.42 Å². The molecule has 1 amide bonds. The van der Waals surface area contributed by atoms with Gasteiger partial charge in [0.1, 0.15) is 18.8 Å². The average molecular weight is 323 g/mol. The zero-order valence-corrected chi connectivity index (χ0v) is 13.4. The number of nitrogens with one attached hydrogen (secondary N) is 2. The number of hydrogen-bond acceptors (Lipinski definition) is 3. The smallest absolute Gasteiger partial charge is 0.257 e. The second-order valence-electron chi connectivity index (χ2n) is 5.56. The van der Waals surface area contributed by atoms with Crippen LogP contribution in [0.3, 0.4) is 0 Å². The third kappa shape index (κ3) is 3.27. The summed E-state index contributed by atoms with van der Waals surface area (Å²) in [5, 5.41) is 15.7. The van der Waals surface area contributed by atoms with Gasteiger partial charge in [-0.15, -0.1) is 0 Å². The fourth-order valence-electron chi connectivity index (χ4n) is 2.70. The molecule has 0 spiro atoms. The number of amides is 1. The lowest BCUT2D eigenvalue weighted by Crippen LogP contribution is -2.36. The van der Waals surface area contributed by atoms with Gasteiger partial charge in [0, 0.05) is 29.7 Å². The first-order valence-electron chi connectivity index (χ1n) is 7.69. The molecule has 0 bridgehead atoms. The van der Waals surface area contributed by atoms with Gasteiger partial charge in [-0.25, -0.2) is 0 Å². The summed E-state index contributed by atoms with van der Waals surface area (Å²) in [5.74, 6) is -0.127. The summed E-state index contributed by atoms with van der Waals surface area (Å²) in [5.41, 5.74) is 3.55. The van der Waals surface area contributed by atoms with Crippen LogP contribution >= 0.6 is 0 Å². The number of aromatic amines is 1. The van der Waals surface area contributed by atoms with Crippen molar-refractivity contribution >= 4 is 23.0 Å². The number of fused-ring (bicyclic) bond motifs is 1. The predicted molar refractivity (Wildman–Crippen MR) is 91.3 cm³/mol. The Morgan fingerprint density at radius 1 is 1.33 bits per heavy atom. The van der Waals surface area contributed by atoms with Gasteiger partial charge >= 0.3 is 0 Å². The fraction of sp³-hybridized carbons (Fsp3) is 0.167. The van der Waals surface area contributed by atoms with Crippen LogP contribution in [0, 0.1) is 0 Å². The third-order valence-corrected chi connectivity index (χ3v) is 3.98. The highest BCUT2D eigenvalue weighted by Crippen LogP contribution is 2.17. The minimum absolute atomic E-state index is 0.127. The largest absolute Gasteiger partial charge is 0.411 e. The van der Waals surface area contributed by atoms with Gasteiger partial charge in [0.25, 0.3) is 5.91 Å². The van der Waals surface area contributed by atoms with Crippen LogP contribution in [-0.4, -0.2) is 28.9 Å². The van der Waals surface area contributed by atoms with Crippen LogP contribution in [0.25, 0.3) is 10.9 Å². The van der Waals surface area contributed by atoms with E-state index in [1.54, 1.807) is 29.9 Å². The Labute approximate surface area is 139 Å². The standard InChI is InChI=1S/C18H18N4O2/c1-22-12-14(6-7-15(22)11-21-24)18(23)19-9-8-13-10-20-17-5-3-2-4-16(13)17/h2-7,10-12,20H,8-9H2,1H3,(H,19,23)/p+1. The van der Waals surface area contributed by atoms with Crippen molar-refractivity contribution in [1.82, 2.24) is 10.3 Å². The zero-order valence-electron chi connectivity index (χ0n) is 13.4. The number of benzene rings is 1. The van der Waals surface area contributed by atoms with Crippen LogP contribution in [0.5, 0.6) is 0 Å². The van der Waals surface area contributed by atoms with Gasteiger partial charge in [-0.05, 0) is 24.1 Å². The highest BCUT2D eigenvalue weighted by Gasteiger charge is 2.12. The van der Waals surface area contributed by atoms with Crippen molar-refractivity contribution in [3.8, 4) is 0 Å². The Kier molecular flexibility index (Phi) is 4.56. The van der Waals surface area contributed by atoms with Crippen molar-refractivity contribution in [3.63, 3.8) is 0 Å². The molecule has 0 unspecified atom stereocenters. The number of carbonyl (C=O) groups excluding carboxylic acids is 1. The lowest BCUT2D eigenvalue weighted by Gasteiger charge is -2.04. The predicted octanol–water partition coefficient (Wildman–Crippen LogP) is 1.77. The molecule has 0 fully saturated rings. The topological polar surface area (TPSA) is 81.4 Å². The second-order valence-corrected chi connectivity index (χ2v) is 5.56. The fourth-order valence-corrected chi connectivity index (χ4v) is 2.70. The summed E-state index contributed by atoms with van der Waals surface area (Å²) in [6.45, 7) is 0.560. The van der Waals surface area contributed by atoms with Crippen LogP contribution in [0.4, 0.5) is 0 Å². The molecule has 0 saturated heterocycles. The quantitative estimate of drug-likeness (QED) is 0.289. The molecule has 2 heterocycles. The number of H-pyrrole nitrogens is 1. The molecule has 0 atom stereocenters. The van der Waals surface area contributed by atoms with Gasteiger partial charge in [-0.1, -0.05) is 23.4 Å². The first-order valence-corrected chi connectivity index (χ1v) is 7.69. The number of pyridine rings is 1. The van der Waals surface area contributed by atoms with Crippen molar-refractivity contribution in [2.24, 2.45) is 12.2 Å². The summed E-state index contributed by atoms with van der Waals surface area (Å²) < 4.78 is 1.73. The summed E-state index contributed by atoms with van der Waals surface area (Å²) in [4.78, 5) is 15.5. The van der Waals surface area contributed by atoms with E-state index in [0.717, 1.165) is 11.9 Å². The number of aryl methyl sites for hydroxylation is 1. The maximum atomic E-state index is 12.2. The zero-order chi connectivity index (χ0) is 16.9. The maximum Gasteiger partial charge on any atom is 0.257 e.